The van der Waals surface area contributed by atoms with E-state index in [0.717, 1.165) is 56.1 Å². The zero-order valence-corrected chi connectivity index (χ0v) is 24.9. The lowest BCUT2D eigenvalue weighted by Crippen LogP contribution is -2.40. The lowest BCUT2D eigenvalue weighted by Gasteiger charge is -2.43. The zero-order chi connectivity index (χ0) is 31.9. The van der Waals surface area contributed by atoms with E-state index in [2.05, 4.69) is 6.92 Å². The first-order chi connectivity index (χ1) is 20.1. The average Bonchev–Trinajstić information content (AvgIpc) is 2.92. The van der Waals surface area contributed by atoms with Gasteiger partial charge in [0.2, 0.25) is 0 Å². The van der Waals surface area contributed by atoms with E-state index in [-0.39, 0.29) is 35.7 Å². The maximum atomic E-state index is 13.2. The number of phenolic OH excluding ortho intramolecular Hbond substituents is 2. The molecule has 0 spiro atoms. The summed E-state index contributed by atoms with van der Waals surface area (Å²) in [6.07, 6.45) is -0.524. The summed E-state index contributed by atoms with van der Waals surface area (Å²) in [5, 5.41) is 29.3. The number of aromatic hydroxyl groups is 2. The predicted molar refractivity (Wildman–Crippen MR) is 154 cm³/mol. The molecule has 1 aliphatic heterocycles. The Kier molecular flexibility index (Phi) is 11.3. The second-order valence-corrected chi connectivity index (χ2v) is 12.5. The molecule has 43 heavy (non-hydrogen) atoms. The van der Waals surface area contributed by atoms with Crippen LogP contribution in [-0.4, -0.2) is 40.0 Å². The number of hydrogen-bond donors (Lipinski definition) is 3. The van der Waals surface area contributed by atoms with Crippen LogP contribution in [0.2, 0.25) is 0 Å². The summed E-state index contributed by atoms with van der Waals surface area (Å²) in [4.78, 5) is 11.7. The van der Waals surface area contributed by atoms with Crippen LogP contribution >= 0.6 is 0 Å². The van der Waals surface area contributed by atoms with Crippen molar-refractivity contribution in [3.8, 4) is 17.2 Å². The molecule has 0 saturated heterocycles. The highest BCUT2D eigenvalue weighted by Crippen LogP contribution is 2.50. The number of halogens is 5. The number of hydrogen-bond acceptors (Lipinski definition) is 4. The minimum Gasteiger partial charge on any atom is -0.508 e. The summed E-state index contributed by atoms with van der Waals surface area (Å²) >= 11 is 0. The van der Waals surface area contributed by atoms with Crippen LogP contribution in [0.5, 0.6) is 17.2 Å². The average molecular weight is 615 g/mol. The van der Waals surface area contributed by atoms with Crippen LogP contribution in [0.4, 0.5) is 22.0 Å². The Morgan fingerprint density at radius 2 is 1.40 bits per heavy atom. The molecular weight excluding hydrogens is 571 g/mol. The molecule has 1 heterocycles. The molecule has 0 bridgehead atoms. The zero-order valence-electron chi connectivity index (χ0n) is 24.9. The van der Waals surface area contributed by atoms with Gasteiger partial charge >= 0.3 is 18.1 Å². The van der Waals surface area contributed by atoms with Crippen molar-refractivity contribution in [2.75, 3.05) is 6.61 Å². The smallest absolute Gasteiger partial charge is 0.453 e. The third-order valence-corrected chi connectivity index (χ3v) is 9.07. The van der Waals surface area contributed by atoms with Gasteiger partial charge in [-0.25, -0.2) is 0 Å². The van der Waals surface area contributed by atoms with Crippen molar-refractivity contribution in [3.63, 3.8) is 0 Å². The fourth-order valence-corrected chi connectivity index (χ4v) is 6.14. The molecule has 0 aliphatic carbocycles. The van der Waals surface area contributed by atoms with E-state index in [0.29, 0.717) is 18.8 Å². The van der Waals surface area contributed by atoms with Crippen molar-refractivity contribution in [2.45, 2.75) is 114 Å². The number of carboxylic acid groups (broad SMARTS) is 1. The van der Waals surface area contributed by atoms with Crippen molar-refractivity contribution in [3.05, 3.63) is 53.6 Å². The molecule has 1 aliphatic rings. The summed E-state index contributed by atoms with van der Waals surface area (Å²) in [5.41, 5.74) is 0.458. The van der Waals surface area contributed by atoms with Crippen molar-refractivity contribution >= 4 is 5.97 Å². The lowest BCUT2D eigenvalue weighted by atomic mass is 9.66. The first-order valence-electron chi connectivity index (χ1n) is 15.0. The largest absolute Gasteiger partial charge is 0.508 e. The van der Waals surface area contributed by atoms with E-state index in [4.69, 9.17) is 4.74 Å². The molecule has 0 saturated carbocycles. The van der Waals surface area contributed by atoms with Crippen LogP contribution < -0.4 is 4.74 Å². The van der Waals surface area contributed by atoms with Crippen molar-refractivity contribution in [2.24, 2.45) is 5.41 Å². The quantitative estimate of drug-likeness (QED) is 0.130. The molecule has 3 rings (SSSR count). The van der Waals surface area contributed by atoms with Gasteiger partial charge in [0.05, 0.1) is 12.0 Å². The van der Waals surface area contributed by atoms with Crippen molar-refractivity contribution < 1.29 is 46.8 Å². The number of fused-ring (bicyclic) bond motifs is 1. The molecule has 3 atom stereocenters. The van der Waals surface area contributed by atoms with Crippen LogP contribution in [0.15, 0.2) is 42.5 Å². The number of phenols is 2. The Hall–Kier alpha value is -3.04. The molecule has 3 N–H and O–H groups in total. The molecule has 5 nitrogen and oxygen atoms in total. The van der Waals surface area contributed by atoms with Crippen LogP contribution in [0.1, 0.15) is 108 Å². The van der Waals surface area contributed by atoms with Crippen LogP contribution in [-0.2, 0) is 10.2 Å². The molecule has 1 unspecified atom stereocenters. The van der Waals surface area contributed by atoms with E-state index in [1.165, 1.54) is 6.92 Å². The molecule has 2 aromatic rings. The molecule has 0 amide bonds. The summed E-state index contributed by atoms with van der Waals surface area (Å²) in [6, 6.07) is 12.4. The summed E-state index contributed by atoms with van der Waals surface area (Å²) in [5.74, 6) is -4.81. The van der Waals surface area contributed by atoms with E-state index >= 15 is 0 Å². The third-order valence-electron chi connectivity index (χ3n) is 9.07. The standard InChI is InChI=1S/C33H43F5O5/c1-30(29(41)42,19-10-20-32(34,35)33(36,37)38)18-9-7-5-3-4-6-8-11-27-26-17-16-25(40)21-28(26)43-22-31(27,2)23-12-14-24(39)15-13-23/h12-17,21,27,39-40H,3-11,18-20,22H2,1-2H3,(H,41,42)/t27-,30?,31-/m1/s1. The first-order valence-corrected chi connectivity index (χ1v) is 15.0. The third kappa shape index (κ3) is 8.76. The molecule has 2 aromatic carbocycles. The van der Waals surface area contributed by atoms with E-state index < -0.39 is 36.3 Å². The summed E-state index contributed by atoms with van der Waals surface area (Å²) in [7, 11) is 0. The van der Waals surface area contributed by atoms with Gasteiger partial charge in [0.15, 0.2) is 0 Å². The fourth-order valence-electron chi connectivity index (χ4n) is 6.14. The number of aliphatic carboxylic acids is 1. The fraction of sp³-hybridized carbons (Fsp3) is 0.606. The molecule has 0 aromatic heterocycles. The molecule has 240 valence electrons. The van der Waals surface area contributed by atoms with Crippen molar-refractivity contribution in [1.82, 2.24) is 0 Å². The highest BCUT2D eigenvalue weighted by molar-refractivity contribution is 5.74. The lowest BCUT2D eigenvalue weighted by molar-refractivity contribution is -0.284. The monoisotopic (exact) mass is 614 g/mol. The number of ether oxygens (including phenoxy) is 1. The van der Waals surface area contributed by atoms with Gasteiger partial charge in [-0.2, -0.15) is 22.0 Å². The highest BCUT2D eigenvalue weighted by atomic mass is 19.4. The van der Waals surface area contributed by atoms with Gasteiger partial charge in [-0.15, -0.1) is 0 Å². The van der Waals surface area contributed by atoms with Crippen LogP contribution in [0.25, 0.3) is 0 Å². The SMILES string of the molecule is CC(CCCCCCCCC[C@@H]1c2ccc(O)cc2OC[C@]1(C)c1ccc(O)cc1)(CCCC(F)(F)C(F)(F)F)C(=O)O. The number of carbonyl (C=O) groups is 1. The van der Waals surface area contributed by atoms with E-state index in [9.17, 15) is 42.1 Å². The number of benzene rings is 2. The molecule has 10 heteroatoms. The maximum absolute atomic E-state index is 13.2. The van der Waals surface area contributed by atoms with Gasteiger partial charge < -0.3 is 20.1 Å². The van der Waals surface area contributed by atoms with E-state index in [1.54, 1.807) is 24.3 Å². The van der Waals surface area contributed by atoms with Gasteiger partial charge in [0, 0.05) is 23.8 Å². The normalized spacial score (nSPS) is 20.2. The minimum absolute atomic E-state index is 0.145. The molecule has 0 fully saturated rings. The van der Waals surface area contributed by atoms with Gasteiger partial charge in [0.1, 0.15) is 17.2 Å². The summed E-state index contributed by atoms with van der Waals surface area (Å²) < 4.78 is 69.7. The number of rotatable bonds is 16. The highest BCUT2D eigenvalue weighted by Gasteiger charge is 2.56. The topological polar surface area (TPSA) is 87.0 Å². The van der Waals surface area contributed by atoms with Crippen LogP contribution in [0.3, 0.4) is 0 Å². The second kappa shape index (κ2) is 14.2. The van der Waals surface area contributed by atoms with E-state index in [1.807, 2.05) is 18.2 Å². The molecular formula is C33H43F5O5. The van der Waals surface area contributed by atoms with Gasteiger partial charge in [-0.05, 0) is 61.9 Å². The maximum Gasteiger partial charge on any atom is 0.453 e. The number of carboxylic acids is 1. The van der Waals surface area contributed by atoms with Gasteiger partial charge in [-0.3, -0.25) is 4.79 Å². The second-order valence-electron chi connectivity index (χ2n) is 12.5. The summed E-state index contributed by atoms with van der Waals surface area (Å²) in [6.45, 7) is 4.02. The Bertz CT molecular complexity index is 1200. The Morgan fingerprint density at radius 1 is 0.837 bits per heavy atom. The number of unbranched alkanes of at least 4 members (excludes halogenated alkanes) is 6. The van der Waals surface area contributed by atoms with Gasteiger partial charge in [0.25, 0.3) is 0 Å². The first kappa shape index (κ1) is 34.5. The van der Waals surface area contributed by atoms with Crippen LogP contribution in [0, 0.1) is 5.41 Å². The Morgan fingerprint density at radius 3 is 2.00 bits per heavy atom. The Labute approximate surface area is 250 Å². The number of alkyl halides is 5. The van der Waals surface area contributed by atoms with Gasteiger partial charge in [-0.1, -0.05) is 70.1 Å². The van der Waals surface area contributed by atoms with Crippen molar-refractivity contribution in [1.29, 1.82) is 0 Å². The minimum atomic E-state index is -5.63. The molecule has 0 radical (unpaired) electrons. The Balaban J connectivity index is 1.44. The predicted octanol–water partition coefficient (Wildman–Crippen LogP) is 9.50.